The molecular formula is C13H27N3. The van der Waals surface area contributed by atoms with Gasteiger partial charge in [0.15, 0.2) is 0 Å². The molecule has 1 saturated carbocycles. The van der Waals surface area contributed by atoms with E-state index < -0.39 is 0 Å². The van der Waals surface area contributed by atoms with Crippen molar-refractivity contribution < 1.29 is 0 Å². The van der Waals surface area contributed by atoms with Gasteiger partial charge in [0, 0.05) is 31.2 Å². The van der Waals surface area contributed by atoms with Crippen LogP contribution in [0.25, 0.3) is 0 Å². The average molecular weight is 225 g/mol. The summed E-state index contributed by atoms with van der Waals surface area (Å²) >= 11 is 0. The lowest BCUT2D eigenvalue weighted by Gasteiger charge is -2.16. The van der Waals surface area contributed by atoms with Gasteiger partial charge in [0.05, 0.1) is 0 Å². The smallest absolute Gasteiger partial charge is 0.0207 e. The van der Waals surface area contributed by atoms with Gasteiger partial charge >= 0.3 is 0 Å². The highest BCUT2D eigenvalue weighted by atomic mass is 15.2. The first-order valence-corrected chi connectivity index (χ1v) is 6.96. The summed E-state index contributed by atoms with van der Waals surface area (Å²) in [6.45, 7) is 9.34. The van der Waals surface area contributed by atoms with Crippen LogP contribution in [-0.2, 0) is 0 Å². The maximum Gasteiger partial charge on any atom is 0.0207 e. The fraction of sp³-hybridized carbons (Fsp3) is 1.00. The van der Waals surface area contributed by atoms with Crippen LogP contribution < -0.4 is 10.6 Å². The highest BCUT2D eigenvalue weighted by molar-refractivity contribution is 4.91. The van der Waals surface area contributed by atoms with Gasteiger partial charge < -0.3 is 10.6 Å². The van der Waals surface area contributed by atoms with E-state index in [9.17, 15) is 0 Å². The molecule has 1 saturated heterocycles. The molecule has 2 fully saturated rings. The number of nitrogens with zero attached hydrogens (tertiary/aromatic N) is 1. The molecule has 0 aromatic carbocycles. The summed E-state index contributed by atoms with van der Waals surface area (Å²) in [4.78, 5) is 2.67. The minimum atomic E-state index is 0.622. The molecule has 1 heterocycles. The fourth-order valence-corrected chi connectivity index (χ4v) is 2.51. The van der Waals surface area contributed by atoms with Gasteiger partial charge in [0.1, 0.15) is 0 Å². The second-order valence-corrected chi connectivity index (χ2v) is 5.63. The van der Waals surface area contributed by atoms with Crippen LogP contribution in [-0.4, -0.2) is 49.2 Å². The molecule has 0 spiro atoms. The Morgan fingerprint density at radius 3 is 2.69 bits per heavy atom. The van der Waals surface area contributed by atoms with Crippen LogP contribution in [0.5, 0.6) is 0 Å². The molecule has 0 bridgehead atoms. The summed E-state index contributed by atoms with van der Waals surface area (Å²) in [6, 6.07) is 2.34. The summed E-state index contributed by atoms with van der Waals surface area (Å²) in [5.74, 6) is 0. The van der Waals surface area contributed by atoms with Crippen molar-refractivity contribution in [1.29, 1.82) is 0 Å². The van der Waals surface area contributed by atoms with E-state index in [-0.39, 0.29) is 0 Å². The molecule has 16 heavy (non-hydrogen) atoms. The lowest BCUT2D eigenvalue weighted by molar-refractivity contribution is 0.317. The first-order chi connectivity index (χ1) is 7.75. The normalized spacial score (nSPS) is 26.8. The molecule has 0 aromatic heterocycles. The Morgan fingerprint density at radius 1 is 1.19 bits per heavy atom. The Bertz CT molecular complexity index is 201. The van der Waals surface area contributed by atoms with E-state index in [2.05, 4.69) is 29.4 Å². The van der Waals surface area contributed by atoms with Gasteiger partial charge in [-0.1, -0.05) is 13.8 Å². The van der Waals surface area contributed by atoms with Crippen molar-refractivity contribution in [2.75, 3.05) is 26.2 Å². The van der Waals surface area contributed by atoms with E-state index in [4.69, 9.17) is 0 Å². The second-order valence-electron chi connectivity index (χ2n) is 5.63. The standard InChI is InChI=1S/C13H27N3/c1-11(2)14-7-3-8-15-12-6-9-16(10-12)13-4-5-13/h11-15H,3-10H2,1-2H3. The molecule has 1 unspecified atom stereocenters. The quantitative estimate of drug-likeness (QED) is 0.638. The lowest BCUT2D eigenvalue weighted by Crippen LogP contribution is -2.35. The Morgan fingerprint density at radius 2 is 2.00 bits per heavy atom. The zero-order valence-corrected chi connectivity index (χ0v) is 10.8. The van der Waals surface area contributed by atoms with Crippen molar-refractivity contribution >= 4 is 0 Å². The van der Waals surface area contributed by atoms with Crippen LogP contribution >= 0.6 is 0 Å². The molecule has 2 N–H and O–H groups in total. The predicted octanol–water partition coefficient (Wildman–Crippen LogP) is 1.20. The monoisotopic (exact) mass is 225 g/mol. The summed E-state index contributed by atoms with van der Waals surface area (Å²) < 4.78 is 0. The van der Waals surface area contributed by atoms with Crippen molar-refractivity contribution in [1.82, 2.24) is 15.5 Å². The first-order valence-electron chi connectivity index (χ1n) is 6.96. The Labute approximate surface area is 100.0 Å². The molecule has 0 amide bonds. The van der Waals surface area contributed by atoms with Gasteiger partial charge in [-0.15, -0.1) is 0 Å². The van der Waals surface area contributed by atoms with Crippen molar-refractivity contribution in [3.05, 3.63) is 0 Å². The SMILES string of the molecule is CC(C)NCCCNC1CCN(C2CC2)C1. The molecule has 3 nitrogen and oxygen atoms in total. The van der Waals surface area contributed by atoms with E-state index in [0.717, 1.165) is 18.6 Å². The summed E-state index contributed by atoms with van der Waals surface area (Å²) in [5.41, 5.74) is 0. The molecule has 3 heteroatoms. The molecule has 94 valence electrons. The molecule has 0 radical (unpaired) electrons. The highest BCUT2D eigenvalue weighted by Crippen LogP contribution is 2.29. The summed E-state index contributed by atoms with van der Waals surface area (Å²) in [5, 5.41) is 7.14. The van der Waals surface area contributed by atoms with Crippen LogP contribution in [0.1, 0.15) is 39.5 Å². The van der Waals surface area contributed by atoms with Crippen LogP contribution in [0.15, 0.2) is 0 Å². The van der Waals surface area contributed by atoms with Crippen molar-refractivity contribution in [3.8, 4) is 0 Å². The molecule has 0 aromatic rings. The maximum absolute atomic E-state index is 3.69. The topological polar surface area (TPSA) is 27.3 Å². The largest absolute Gasteiger partial charge is 0.314 e. The Hall–Kier alpha value is -0.120. The van der Waals surface area contributed by atoms with Crippen molar-refractivity contribution in [3.63, 3.8) is 0 Å². The first kappa shape index (κ1) is 12.3. The number of hydrogen-bond donors (Lipinski definition) is 2. The zero-order chi connectivity index (χ0) is 11.4. The number of nitrogens with one attached hydrogen (secondary N) is 2. The van der Waals surface area contributed by atoms with Gasteiger partial charge in [-0.2, -0.15) is 0 Å². The van der Waals surface area contributed by atoms with Crippen LogP contribution in [0, 0.1) is 0 Å². The van der Waals surface area contributed by atoms with Crippen LogP contribution in [0.3, 0.4) is 0 Å². The van der Waals surface area contributed by atoms with E-state index in [1.54, 1.807) is 0 Å². The third-order valence-corrected chi connectivity index (χ3v) is 3.62. The lowest BCUT2D eigenvalue weighted by atomic mass is 10.2. The van der Waals surface area contributed by atoms with Gasteiger partial charge in [-0.25, -0.2) is 0 Å². The Kier molecular flexibility index (Phi) is 4.62. The van der Waals surface area contributed by atoms with E-state index in [1.165, 1.54) is 45.3 Å². The number of hydrogen-bond acceptors (Lipinski definition) is 3. The fourth-order valence-electron chi connectivity index (χ4n) is 2.51. The van der Waals surface area contributed by atoms with Gasteiger partial charge in [0.2, 0.25) is 0 Å². The third-order valence-electron chi connectivity index (χ3n) is 3.62. The van der Waals surface area contributed by atoms with Crippen molar-refractivity contribution in [2.24, 2.45) is 0 Å². The molecule has 1 aliphatic carbocycles. The van der Waals surface area contributed by atoms with Crippen molar-refractivity contribution in [2.45, 2.75) is 57.7 Å². The average Bonchev–Trinajstić information content (AvgIpc) is 2.99. The minimum absolute atomic E-state index is 0.622. The summed E-state index contributed by atoms with van der Waals surface area (Å²) in [6.07, 6.45) is 5.50. The summed E-state index contributed by atoms with van der Waals surface area (Å²) in [7, 11) is 0. The predicted molar refractivity (Wildman–Crippen MR) is 68.8 cm³/mol. The van der Waals surface area contributed by atoms with E-state index in [1.807, 2.05) is 0 Å². The van der Waals surface area contributed by atoms with Crippen LogP contribution in [0.4, 0.5) is 0 Å². The number of rotatable bonds is 7. The highest BCUT2D eigenvalue weighted by Gasteiger charge is 2.33. The third kappa shape index (κ3) is 4.04. The minimum Gasteiger partial charge on any atom is -0.314 e. The van der Waals surface area contributed by atoms with E-state index in [0.29, 0.717) is 6.04 Å². The van der Waals surface area contributed by atoms with Gasteiger partial charge in [-0.05, 0) is 38.8 Å². The molecule has 2 rings (SSSR count). The molecule has 1 aliphatic heterocycles. The molecule has 2 aliphatic rings. The van der Waals surface area contributed by atoms with Gasteiger partial charge in [-0.3, -0.25) is 4.90 Å². The van der Waals surface area contributed by atoms with E-state index >= 15 is 0 Å². The molecule has 1 atom stereocenters. The second kappa shape index (κ2) is 5.99. The zero-order valence-electron chi connectivity index (χ0n) is 10.8. The van der Waals surface area contributed by atoms with Gasteiger partial charge in [0.25, 0.3) is 0 Å². The number of likely N-dealkylation sites (tertiary alicyclic amines) is 1. The Balaban J connectivity index is 1.47. The maximum atomic E-state index is 3.69. The van der Waals surface area contributed by atoms with Crippen LogP contribution in [0.2, 0.25) is 0 Å². The molecular weight excluding hydrogens is 198 g/mol.